The number of benzene rings is 7. The standard InChI is InChI=1S/C52H49N/c1-49(2)44-26-18-17-25-41(44)42-30-28-38(33-45(42)49)53(37-27-29-39(34-19-11-9-12-20-34)43(32-37)35-21-13-10-14-22-35)48-40-24-16-15-23-36(40)31-46-47(48)51(5,6)52(7,8)50(46,3)4/h9-33H,1-8H3. The van der Waals surface area contributed by atoms with Crippen molar-refractivity contribution in [2.45, 2.75) is 71.6 Å². The van der Waals surface area contributed by atoms with E-state index in [2.05, 4.69) is 212 Å². The summed E-state index contributed by atoms with van der Waals surface area (Å²) in [4.78, 5) is 2.61. The van der Waals surface area contributed by atoms with Gasteiger partial charge in [0.15, 0.2) is 0 Å². The molecule has 0 aliphatic heterocycles. The Bertz CT molecular complexity index is 2550. The van der Waals surface area contributed by atoms with Crippen LogP contribution in [0, 0.1) is 5.41 Å². The van der Waals surface area contributed by atoms with Crippen LogP contribution in [-0.4, -0.2) is 0 Å². The number of hydrogen-bond donors (Lipinski definition) is 0. The van der Waals surface area contributed by atoms with Gasteiger partial charge in [0, 0.05) is 22.2 Å². The van der Waals surface area contributed by atoms with Crippen molar-refractivity contribution in [3.63, 3.8) is 0 Å². The third-order valence-corrected chi connectivity index (χ3v) is 13.9. The van der Waals surface area contributed by atoms with Crippen LogP contribution >= 0.6 is 0 Å². The highest BCUT2D eigenvalue weighted by Crippen LogP contribution is 2.65. The van der Waals surface area contributed by atoms with Gasteiger partial charge in [0.05, 0.1) is 5.69 Å². The van der Waals surface area contributed by atoms with E-state index in [1.54, 1.807) is 0 Å². The summed E-state index contributed by atoms with van der Waals surface area (Å²) >= 11 is 0. The van der Waals surface area contributed by atoms with Crippen LogP contribution in [0.2, 0.25) is 0 Å². The molecule has 0 atom stereocenters. The summed E-state index contributed by atoms with van der Waals surface area (Å²) < 4.78 is 0. The lowest BCUT2D eigenvalue weighted by Gasteiger charge is -2.45. The van der Waals surface area contributed by atoms with Crippen LogP contribution in [0.5, 0.6) is 0 Å². The molecule has 0 aromatic heterocycles. The molecule has 9 rings (SSSR count). The summed E-state index contributed by atoms with van der Waals surface area (Å²) in [5, 5.41) is 2.56. The molecule has 0 bridgehead atoms. The van der Waals surface area contributed by atoms with E-state index in [1.165, 1.54) is 77.8 Å². The maximum atomic E-state index is 2.61. The van der Waals surface area contributed by atoms with Crippen molar-refractivity contribution in [1.29, 1.82) is 0 Å². The third kappa shape index (κ3) is 4.69. The molecular weight excluding hydrogens is 639 g/mol. The monoisotopic (exact) mass is 687 g/mol. The van der Waals surface area contributed by atoms with Gasteiger partial charge in [-0.15, -0.1) is 0 Å². The minimum absolute atomic E-state index is 0.00589. The van der Waals surface area contributed by atoms with E-state index >= 15 is 0 Å². The van der Waals surface area contributed by atoms with Crippen molar-refractivity contribution in [1.82, 2.24) is 0 Å². The molecule has 2 aliphatic rings. The van der Waals surface area contributed by atoms with Crippen molar-refractivity contribution in [2.24, 2.45) is 5.41 Å². The first-order chi connectivity index (χ1) is 25.3. The maximum absolute atomic E-state index is 2.61. The van der Waals surface area contributed by atoms with E-state index in [4.69, 9.17) is 0 Å². The first-order valence-electron chi connectivity index (χ1n) is 19.2. The fourth-order valence-corrected chi connectivity index (χ4v) is 9.75. The maximum Gasteiger partial charge on any atom is 0.0580 e. The molecule has 53 heavy (non-hydrogen) atoms. The number of hydrogen-bond acceptors (Lipinski definition) is 1. The first kappa shape index (κ1) is 33.4. The Hall–Kier alpha value is -5.40. The van der Waals surface area contributed by atoms with E-state index in [0.717, 1.165) is 5.69 Å². The Morgan fingerprint density at radius 3 is 1.64 bits per heavy atom. The second kappa shape index (κ2) is 11.5. The van der Waals surface area contributed by atoms with Crippen LogP contribution in [0.4, 0.5) is 17.1 Å². The molecule has 0 fully saturated rings. The van der Waals surface area contributed by atoms with Gasteiger partial charge in [0.25, 0.3) is 0 Å². The Morgan fingerprint density at radius 1 is 0.396 bits per heavy atom. The van der Waals surface area contributed by atoms with E-state index < -0.39 is 0 Å². The summed E-state index contributed by atoms with van der Waals surface area (Å²) in [6.45, 7) is 19.6. The molecule has 2 aliphatic carbocycles. The van der Waals surface area contributed by atoms with Gasteiger partial charge in [-0.1, -0.05) is 183 Å². The Morgan fingerprint density at radius 2 is 0.943 bits per heavy atom. The lowest BCUT2D eigenvalue weighted by molar-refractivity contribution is 0.125. The van der Waals surface area contributed by atoms with Crippen molar-refractivity contribution in [3.8, 4) is 33.4 Å². The minimum Gasteiger partial charge on any atom is -0.310 e. The third-order valence-electron chi connectivity index (χ3n) is 13.9. The topological polar surface area (TPSA) is 3.24 Å². The van der Waals surface area contributed by atoms with Crippen molar-refractivity contribution >= 4 is 27.8 Å². The van der Waals surface area contributed by atoms with E-state index in [0.29, 0.717) is 0 Å². The molecule has 0 saturated heterocycles. The van der Waals surface area contributed by atoms with Gasteiger partial charge in [0.1, 0.15) is 0 Å². The number of rotatable bonds is 5. The van der Waals surface area contributed by atoms with Gasteiger partial charge < -0.3 is 4.90 Å². The summed E-state index contributed by atoms with van der Waals surface area (Å²) in [7, 11) is 0. The van der Waals surface area contributed by atoms with E-state index in [-0.39, 0.29) is 21.7 Å². The largest absolute Gasteiger partial charge is 0.310 e. The van der Waals surface area contributed by atoms with Crippen LogP contribution in [0.25, 0.3) is 44.2 Å². The average Bonchev–Trinajstić information content (AvgIpc) is 3.46. The molecule has 1 heteroatoms. The average molecular weight is 688 g/mol. The molecule has 262 valence electrons. The second-order valence-electron chi connectivity index (χ2n) is 17.4. The SMILES string of the molecule is CC1(C)c2ccccc2-c2ccc(N(c3ccc(-c4ccccc4)c(-c4ccccc4)c3)c3c4c(cc5ccccc35)C(C)(C)C(C)(C)C4(C)C)cc21. The fourth-order valence-electron chi connectivity index (χ4n) is 9.75. The van der Waals surface area contributed by atoms with Gasteiger partial charge in [0.2, 0.25) is 0 Å². The fraction of sp³-hybridized carbons (Fsp3) is 0.231. The smallest absolute Gasteiger partial charge is 0.0580 e. The highest BCUT2D eigenvalue weighted by molar-refractivity contribution is 6.04. The van der Waals surface area contributed by atoms with Crippen LogP contribution < -0.4 is 4.90 Å². The lowest BCUT2D eigenvalue weighted by atomic mass is 9.59. The Labute approximate surface area is 316 Å². The van der Waals surface area contributed by atoms with Crippen molar-refractivity contribution in [3.05, 3.63) is 174 Å². The quantitative estimate of drug-likeness (QED) is 0.174. The van der Waals surface area contributed by atoms with Gasteiger partial charge in [-0.3, -0.25) is 0 Å². The predicted octanol–water partition coefficient (Wildman–Crippen LogP) is 14.5. The molecule has 0 radical (unpaired) electrons. The van der Waals surface area contributed by atoms with Crippen LogP contribution in [-0.2, 0) is 16.2 Å². The molecule has 0 spiro atoms. The lowest BCUT2D eigenvalue weighted by Crippen LogP contribution is -2.42. The summed E-state index contributed by atoms with van der Waals surface area (Å²) in [5.41, 5.74) is 16.6. The molecule has 0 heterocycles. The van der Waals surface area contributed by atoms with Crippen molar-refractivity contribution in [2.75, 3.05) is 4.90 Å². The molecule has 0 N–H and O–H groups in total. The Kier molecular flexibility index (Phi) is 7.29. The normalized spacial score (nSPS) is 16.9. The summed E-state index contributed by atoms with van der Waals surface area (Å²) in [5.74, 6) is 0. The predicted molar refractivity (Wildman–Crippen MR) is 227 cm³/mol. The zero-order valence-corrected chi connectivity index (χ0v) is 32.4. The molecular formula is C52H49N. The van der Waals surface area contributed by atoms with Gasteiger partial charge in [-0.25, -0.2) is 0 Å². The minimum atomic E-state index is -0.123. The molecule has 0 unspecified atom stereocenters. The summed E-state index contributed by atoms with van der Waals surface area (Å²) in [6.07, 6.45) is 0. The molecule has 0 saturated carbocycles. The number of fused-ring (bicyclic) bond motifs is 5. The molecule has 7 aromatic carbocycles. The highest BCUT2D eigenvalue weighted by Gasteiger charge is 2.58. The first-order valence-corrected chi connectivity index (χ1v) is 19.2. The molecule has 1 nitrogen and oxygen atoms in total. The number of anilines is 3. The van der Waals surface area contributed by atoms with E-state index in [1.807, 2.05) is 0 Å². The molecule has 7 aromatic rings. The van der Waals surface area contributed by atoms with Gasteiger partial charge in [-0.2, -0.15) is 0 Å². The van der Waals surface area contributed by atoms with Crippen LogP contribution in [0.15, 0.2) is 152 Å². The van der Waals surface area contributed by atoms with Crippen LogP contribution in [0.3, 0.4) is 0 Å². The Balaban J connectivity index is 1.40. The molecule has 0 amide bonds. The van der Waals surface area contributed by atoms with Crippen molar-refractivity contribution < 1.29 is 0 Å². The highest BCUT2D eigenvalue weighted by atomic mass is 15.1. The summed E-state index contributed by atoms with van der Waals surface area (Å²) in [6, 6.07) is 56.6. The zero-order valence-electron chi connectivity index (χ0n) is 32.4. The second-order valence-corrected chi connectivity index (χ2v) is 17.4. The van der Waals surface area contributed by atoms with Gasteiger partial charge in [-0.05, 0) is 102 Å². The van der Waals surface area contributed by atoms with Gasteiger partial charge >= 0.3 is 0 Å². The zero-order chi connectivity index (χ0) is 36.9. The number of nitrogens with zero attached hydrogens (tertiary/aromatic N) is 1. The van der Waals surface area contributed by atoms with E-state index in [9.17, 15) is 0 Å². The van der Waals surface area contributed by atoms with Crippen LogP contribution in [0.1, 0.15) is 77.6 Å².